The van der Waals surface area contributed by atoms with Gasteiger partial charge in [0.25, 0.3) is 0 Å². The van der Waals surface area contributed by atoms with Gasteiger partial charge in [0.1, 0.15) is 0 Å². The van der Waals surface area contributed by atoms with Crippen LogP contribution in [0.25, 0.3) is 6.08 Å². The molecule has 1 aromatic carbocycles. The van der Waals surface area contributed by atoms with Crippen LogP contribution in [-0.4, -0.2) is 18.1 Å². The van der Waals surface area contributed by atoms with Crippen LogP contribution < -0.4 is 5.32 Å². The summed E-state index contributed by atoms with van der Waals surface area (Å²) < 4.78 is 36.7. The van der Waals surface area contributed by atoms with Crippen molar-refractivity contribution in [3.63, 3.8) is 0 Å². The van der Waals surface area contributed by atoms with E-state index in [2.05, 4.69) is 19.2 Å². The first-order valence-electron chi connectivity index (χ1n) is 6.59. The first kappa shape index (κ1) is 17.1. The molecule has 1 unspecified atom stereocenters. The maximum absolute atomic E-state index is 12.2. The lowest BCUT2D eigenvalue weighted by Crippen LogP contribution is -2.27. The van der Waals surface area contributed by atoms with Crippen molar-refractivity contribution < 1.29 is 13.2 Å². The lowest BCUT2D eigenvalue weighted by molar-refractivity contribution is -0.0328. The van der Waals surface area contributed by atoms with Gasteiger partial charge in [-0.15, -0.1) is 0 Å². The first-order valence-corrected chi connectivity index (χ1v) is 7.41. The Labute approximate surface area is 122 Å². The quantitative estimate of drug-likeness (QED) is 0.735. The van der Waals surface area contributed by atoms with Crippen molar-refractivity contribution in [2.45, 2.75) is 43.6 Å². The second-order valence-electron chi connectivity index (χ2n) is 4.68. The van der Waals surface area contributed by atoms with Gasteiger partial charge in [0.15, 0.2) is 0 Å². The Morgan fingerprint density at radius 1 is 1.30 bits per heavy atom. The highest BCUT2D eigenvalue weighted by molar-refractivity contribution is 8.00. The molecule has 0 aliphatic carbocycles. The van der Waals surface area contributed by atoms with Gasteiger partial charge in [0, 0.05) is 10.9 Å². The van der Waals surface area contributed by atoms with Crippen molar-refractivity contribution in [1.29, 1.82) is 0 Å². The average molecular weight is 303 g/mol. The molecule has 1 nitrogen and oxygen atoms in total. The number of benzene rings is 1. The van der Waals surface area contributed by atoms with Gasteiger partial charge in [-0.05, 0) is 56.3 Å². The molecule has 112 valence electrons. The van der Waals surface area contributed by atoms with E-state index in [1.165, 1.54) is 12.1 Å². The Morgan fingerprint density at radius 3 is 2.40 bits per heavy atom. The molecule has 0 aromatic heterocycles. The van der Waals surface area contributed by atoms with Crippen molar-refractivity contribution >= 4 is 17.8 Å². The van der Waals surface area contributed by atoms with E-state index in [0.29, 0.717) is 0 Å². The van der Waals surface area contributed by atoms with Crippen LogP contribution in [0.15, 0.2) is 34.7 Å². The third-order valence-corrected chi connectivity index (χ3v) is 3.63. The highest BCUT2D eigenvalue weighted by atomic mass is 32.2. The van der Waals surface area contributed by atoms with Crippen LogP contribution in [0, 0.1) is 0 Å². The minimum absolute atomic E-state index is 0.0873. The van der Waals surface area contributed by atoms with Crippen LogP contribution in [0.2, 0.25) is 0 Å². The maximum Gasteiger partial charge on any atom is 0.446 e. The van der Waals surface area contributed by atoms with Gasteiger partial charge in [-0.2, -0.15) is 13.2 Å². The van der Waals surface area contributed by atoms with Gasteiger partial charge in [-0.3, -0.25) is 0 Å². The molecule has 0 radical (unpaired) electrons. The zero-order valence-corrected chi connectivity index (χ0v) is 12.7. The van der Waals surface area contributed by atoms with E-state index in [1.54, 1.807) is 12.1 Å². The molecule has 0 amide bonds. The molecule has 1 rings (SSSR count). The second-order valence-corrected chi connectivity index (χ2v) is 5.82. The summed E-state index contributed by atoms with van der Waals surface area (Å²) in [5.74, 6) is 0. The molecule has 0 spiro atoms. The molecule has 0 saturated heterocycles. The molecule has 0 heterocycles. The van der Waals surface area contributed by atoms with Gasteiger partial charge < -0.3 is 5.32 Å². The van der Waals surface area contributed by atoms with E-state index >= 15 is 0 Å². The maximum atomic E-state index is 12.2. The largest absolute Gasteiger partial charge is 0.446 e. The summed E-state index contributed by atoms with van der Waals surface area (Å²) in [5.41, 5.74) is -2.15. The highest BCUT2D eigenvalue weighted by Gasteiger charge is 2.28. The monoisotopic (exact) mass is 303 g/mol. The molecule has 0 fully saturated rings. The number of hydrogen-bond acceptors (Lipinski definition) is 2. The van der Waals surface area contributed by atoms with Gasteiger partial charge >= 0.3 is 5.51 Å². The highest BCUT2D eigenvalue weighted by Crippen LogP contribution is 2.36. The van der Waals surface area contributed by atoms with Crippen LogP contribution >= 0.6 is 11.8 Å². The number of rotatable bonds is 6. The Kier molecular flexibility index (Phi) is 6.62. The molecular weight excluding hydrogens is 283 g/mol. The van der Waals surface area contributed by atoms with Crippen LogP contribution in [0.4, 0.5) is 13.2 Å². The lowest BCUT2D eigenvalue weighted by atomic mass is 10.1. The number of nitrogens with one attached hydrogen (secondary N) is 1. The fourth-order valence-electron chi connectivity index (χ4n) is 1.68. The molecule has 1 N–H and O–H groups in total. The molecule has 0 saturated carbocycles. The summed E-state index contributed by atoms with van der Waals surface area (Å²) in [5, 5.41) is 3.37. The minimum atomic E-state index is -4.23. The molecular formula is C15H20F3NS. The predicted octanol–water partition coefficient (Wildman–Crippen LogP) is 5.09. The normalized spacial score (nSPS) is 14.4. The van der Waals surface area contributed by atoms with Crippen molar-refractivity contribution in [3.05, 3.63) is 35.4 Å². The van der Waals surface area contributed by atoms with Crippen LogP contribution in [0.3, 0.4) is 0 Å². The van der Waals surface area contributed by atoms with E-state index in [-0.39, 0.29) is 22.7 Å². The number of hydrogen-bond donors (Lipinski definition) is 1. The Bertz CT molecular complexity index is 437. The summed E-state index contributed by atoms with van der Waals surface area (Å²) >= 11 is -0.0873. The van der Waals surface area contributed by atoms with E-state index in [9.17, 15) is 13.2 Å². The molecule has 5 heteroatoms. The fourth-order valence-corrected chi connectivity index (χ4v) is 2.21. The molecule has 0 aliphatic rings. The Hall–Kier alpha value is -0.940. The number of alkyl halides is 3. The summed E-state index contributed by atoms with van der Waals surface area (Å²) in [7, 11) is 0. The SMILES string of the molecule is CCCNC(C)/C(C)=C/c1ccc(SC(F)(F)F)cc1. The molecule has 1 aromatic rings. The van der Waals surface area contributed by atoms with Crippen LogP contribution in [-0.2, 0) is 0 Å². The van der Waals surface area contributed by atoms with Crippen molar-refractivity contribution in [2.24, 2.45) is 0 Å². The van der Waals surface area contributed by atoms with E-state index in [1.807, 2.05) is 13.0 Å². The predicted molar refractivity (Wildman–Crippen MR) is 79.8 cm³/mol. The van der Waals surface area contributed by atoms with Crippen LogP contribution in [0.1, 0.15) is 32.8 Å². The first-order chi connectivity index (χ1) is 9.31. The average Bonchev–Trinajstić information content (AvgIpc) is 2.36. The van der Waals surface area contributed by atoms with E-state index < -0.39 is 5.51 Å². The molecule has 0 bridgehead atoms. The summed E-state index contributed by atoms with van der Waals surface area (Å²) in [4.78, 5) is 0.212. The van der Waals surface area contributed by atoms with Crippen molar-refractivity contribution in [2.75, 3.05) is 6.54 Å². The minimum Gasteiger partial charge on any atom is -0.311 e. The third-order valence-electron chi connectivity index (χ3n) is 2.89. The second kappa shape index (κ2) is 7.74. The van der Waals surface area contributed by atoms with Gasteiger partial charge in [-0.1, -0.05) is 30.7 Å². The van der Waals surface area contributed by atoms with Gasteiger partial charge in [-0.25, -0.2) is 0 Å². The lowest BCUT2D eigenvalue weighted by Gasteiger charge is -2.14. The van der Waals surface area contributed by atoms with Crippen molar-refractivity contribution in [3.8, 4) is 0 Å². The van der Waals surface area contributed by atoms with Gasteiger partial charge in [0.05, 0.1) is 0 Å². The summed E-state index contributed by atoms with van der Waals surface area (Å²) in [6.07, 6.45) is 3.07. The Balaban J connectivity index is 2.68. The third kappa shape index (κ3) is 6.48. The van der Waals surface area contributed by atoms with E-state index in [0.717, 1.165) is 24.1 Å². The van der Waals surface area contributed by atoms with E-state index in [4.69, 9.17) is 0 Å². The molecule has 1 atom stereocenters. The number of halogens is 3. The smallest absolute Gasteiger partial charge is 0.311 e. The standard InChI is InChI=1S/C15H20F3NS/c1-4-9-19-12(3)11(2)10-13-5-7-14(8-6-13)20-15(16,17)18/h5-8,10,12,19H,4,9H2,1-3H3/b11-10+. The molecule has 20 heavy (non-hydrogen) atoms. The Morgan fingerprint density at radius 2 is 1.90 bits per heavy atom. The zero-order valence-electron chi connectivity index (χ0n) is 11.9. The summed E-state index contributed by atoms with van der Waals surface area (Å²) in [6.45, 7) is 7.16. The topological polar surface area (TPSA) is 12.0 Å². The van der Waals surface area contributed by atoms with Crippen molar-refractivity contribution in [1.82, 2.24) is 5.32 Å². The zero-order chi connectivity index (χ0) is 15.2. The number of thioether (sulfide) groups is 1. The molecule has 0 aliphatic heterocycles. The fraction of sp³-hybridized carbons (Fsp3) is 0.467. The van der Waals surface area contributed by atoms with Crippen LogP contribution in [0.5, 0.6) is 0 Å². The summed E-state index contributed by atoms with van der Waals surface area (Å²) in [6, 6.07) is 6.69. The van der Waals surface area contributed by atoms with Gasteiger partial charge in [0.2, 0.25) is 0 Å².